The van der Waals surface area contributed by atoms with Gasteiger partial charge in [-0.1, -0.05) is 40.0 Å². The van der Waals surface area contributed by atoms with Crippen LogP contribution in [0.5, 0.6) is 0 Å². The summed E-state index contributed by atoms with van der Waals surface area (Å²) in [5, 5.41) is 8.11. The fourth-order valence-corrected chi connectivity index (χ4v) is 2.63. The van der Waals surface area contributed by atoms with Crippen LogP contribution in [-0.2, 0) is 0 Å². The number of hydrogen-bond acceptors (Lipinski definition) is 1. The smallest absolute Gasteiger partial charge is 0.0123 e. The second-order valence-corrected chi connectivity index (χ2v) is 5.00. The average molecular weight is 195 g/mol. The Morgan fingerprint density at radius 2 is 2.00 bits per heavy atom. The van der Waals surface area contributed by atoms with Gasteiger partial charge in [-0.2, -0.15) is 0 Å². The molecule has 1 aliphatic carbocycles. The summed E-state index contributed by atoms with van der Waals surface area (Å²) in [6.45, 7) is 6.90. The second kappa shape index (κ2) is 5.53. The summed E-state index contributed by atoms with van der Waals surface area (Å²) < 4.78 is 0. The van der Waals surface area contributed by atoms with E-state index in [-0.39, 0.29) is 0 Å². The topological polar surface area (TPSA) is 23.9 Å². The predicted octanol–water partition coefficient (Wildman–Crippen LogP) is 4.27. The van der Waals surface area contributed by atoms with E-state index in [1.807, 2.05) is 0 Å². The molecule has 0 aromatic heterocycles. The van der Waals surface area contributed by atoms with Crippen LogP contribution in [-0.4, -0.2) is 5.71 Å². The minimum Gasteiger partial charge on any atom is -0.309 e. The van der Waals surface area contributed by atoms with Crippen molar-refractivity contribution >= 4 is 5.71 Å². The molecule has 0 saturated heterocycles. The highest BCUT2D eigenvalue weighted by molar-refractivity contribution is 5.84. The van der Waals surface area contributed by atoms with Crippen LogP contribution >= 0.6 is 0 Å². The third-order valence-corrected chi connectivity index (χ3v) is 3.95. The number of nitrogens with one attached hydrogen (secondary N) is 1. The van der Waals surface area contributed by atoms with E-state index in [0.29, 0.717) is 5.92 Å². The molecule has 1 saturated carbocycles. The molecule has 0 amide bonds. The first-order valence-electron chi connectivity index (χ1n) is 6.24. The van der Waals surface area contributed by atoms with Crippen LogP contribution in [0.1, 0.15) is 59.3 Å². The Morgan fingerprint density at radius 1 is 1.29 bits per heavy atom. The molecule has 1 heteroatoms. The molecule has 0 radical (unpaired) electrons. The Morgan fingerprint density at radius 3 is 2.64 bits per heavy atom. The molecule has 0 aliphatic heterocycles. The van der Waals surface area contributed by atoms with Gasteiger partial charge < -0.3 is 5.41 Å². The molecule has 1 N–H and O–H groups in total. The quantitative estimate of drug-likeness (QED) is 0.648. The molecule has 82 valence electrons. The molecule has 3 atom stereocenters. The van der Waals surface area contributed by atoms with E-state index in [2.05, 4.69) is 20.8 Å². The minimum atomic E-state index is 0.602. The summed E-state index contributed by atoms with van der Waals surface area (Å²) in [5.74, 6) is 2.18. The second-order valence-electron chi connectivity index (χ2n) is 5.00. The summed E-state index contributed by atoms with van der Waals surface area (Å²) in [6, 6.07) is 0. The first-order chi connectivity index (χ1) is 6.66. The number of hydrogen-bond donors (Lipinski definition) is 1. The van der Waals surface area contributed by atoms with E-state index >= 15 is 0 Å². The van der Waals surface area contributed by atoms with Gasteiger partial charge in [-0.05, 0) is 37.0 Å². The maximum atomic E-state index is 8.11. The zero-order chi connectivity index (χ0) is 10.6. The van der Waals surface area contributed by atoms with Crippen molar-refractivity contribution in [3.8, 4) is 0 Å². The third-order valence-electron chi connectivity index (χ3n) is 3.95. The highest BCUT2D eigenvalue weighted by Gasteiger charge is 2.29. The van der Waals surface area contributed by atoms with E-state index in [9.17, 15) is 0 Å². The summed E-state index contributed by atoms with van der Waals surface area (Å²) in [5.41, 5.74) is 1.03. The van der Waals surface area contributed by atoms with Gasteiger partial charge in [0.25, 0.3) is 0 Å². The molecule has 0 aromatic rings. The molecule has 0 heterocycles. The van der Waals surface area contributed by atoms with Gasteiger partial charge in [0.1, 0.15) is 0 Å². The SMILES string of the molecule is CCCCC(=N)C1CCCC(C)C1C. The molecule has 0 bridgehead atoms. The van der Waals surface area contributed by atoms with Crippen LogP contribution in [0.15, 0.2) is 0 Å². The Hall–Kier alpha value is -0.330. The van der Waals surface area contributed by atoms with Crippen LogP contribution in [0.3, 0.4) is 0 Å². The largest absolute Gasteiger partial charge is 0.309 e. The van der Waals surface area contributed by atoms with Crippen LogP contribution in [0.2, 0.25) is 0 Å². The molecule has 3 unspecified atom stereocenters. The Balaban J connectivity index is 2.44. The lowest BCUT2D eigenvalue weighted by molar-refractivity contribution is 0.230. The fourth-order valence-electron chi connectivity index (χ4n) is 2.63. The Bertz CT molecular complexity index is 186. The normalized spacial score (nSPS) is 32.9. The minimum absolute atomic E-state index is 0.602. The van der Waals surface area contributed by atoms with Gasteiger partial charge in [0.05, 0.1) is 0 Å². The van der Waals surface area contributed by atoms with Crippen molar-refractivity contribution < 1.29 is 0 Å². The predicted molar refractivity (Wildman–Crippen MR) is 62.9 cm³/mol. The standard InChI is InChI=1S/C13H25N/c1-4-5-9-13(14)12-8-6-7-10(2)11(12)3/h10-12,14H,4-9H2,1-3H3. The Labute approximate surface area is 88.8 Å². The molecule has 14 heavy (non-hydrogen) atoms. The van der Waals surface area contributed by atoms with Gasteiger partial charge >= 0.3 is 0 Å². The van der Waals surface area contributed by atoms with Crippen LogP contribution in [0.25, 0.3) is 0 Å². The molecule has 1 rings (SSSR count). The van der Waals surface area contributed by atoms with Gasteiger partial charge in [0.2, 0.25) is 0 Å². The molecule has 0 aromatic carbocycles. The van der Waals surface area contributed by atoms with Crippen molar-refractivity contribution in [2.45, 2.75) is 59.3 Å². The summed E-state index contributed by atoms with van der Waals surface area (Å²) in [6.07, 6.45) is 7.45. The van der Waals surface area contributed by atoms with Crippen molar-refractivity contribution in [1.29, 1.82) is 5.41 Å². The zero-order valence-electron chi connectivity index (χ0n) is 9.97. The van der Waals surface area contributed by atoms with Crippen LogP contribution in [0.4, 0.5) is 0 Å². The van der Waals surface area contributed by atoms with Gasteiger partial charge in [0, 0.05) is 5.71 Å². The highest BCUT2D eigenvalue weighted by Crippen LogP contribution is 2.35. The molecular formula is C13H25N. The average Bonchev–Trinajstić information content (AvgIpc) is 2.18. The number of rotatable bonds is 4. The molecular weight excluding hydrogens is 170 g/mol. The zero-order valence-corrected chi connectivity index (χ0v) is 9.97. The lowest BCUT2D eigenvalue weighted by Crippen LogP contribution is -2.29. The maximum Gasteiger partial charge on any atom is 0.0123 e. The molecule has 1 aliphatic rings. The maximum absolute atomic E-state index is 8.11. The van der Waals surface area contributed by atoms with E-state index in [1.165, 1.54) is 32.1 Å². The molecule has 1 fully saturated rings. The van der Waals surface area contributed by atoms with Gasteiger partial charge in [-0.3, -0.25) is 0 Å². The van der Waals surface area contributed by atoms with Crippen molar-refractivity contribution in [2.75, 3.05) is 0 Å². The van der Waals surface area contributed by atoms with Crippen LogP contribution < -0.4 is 0 Å². The van der Waals surface area contributed by atoms with E-state index in [4.69, 9.17) is 5.41 Å². The first kappa shape index (κ1) is 11.7. The summed E-state index contributed by atoms with van der Waals surface area (Å²) in [4.78, 5) is 0. The lowest BCUT2D eigenvalue weighted by atomic mass is 9.71. The first-order valence-corrected chi connectivity index (χ1v) is 6.24. The monoisotopic (exact) mass is 195 g/mol. The van der Waals surface area contributed by atoms with Gasteiger partial charge in [-0.15, -0.1) is 0 Å². The fraction of sp³-hybridized carbons (Fsp3) is 0.923. The van der Waals surface area contributed by atoms with Crippen molar-refractivity contribution in [1.82, 2.24) is 0 Å². The summed E-state index contributed by atoms with van der Waals surface area (Å²) >= 11 is 0. The van der Waals surface area contributed by atoms with Gasteiger partial charge in [-0.25, -0.2) is 0 Å². The lowest BCUT2D eigenvalue weighted by Gasteiger charge is -2.34. The van der Waals surface area contributed by atoms with Crippen LogP contribution in [0, 0.1) is 23.2 Å². The molecule has 1 nitrogen and oxygen atoms in total. The number of unbranched alkanes of at least 4 members (excludes halogenated alkanes) is 1. The highest BCUT2D eigenvalue weighted by atomic mass is 14.5. The Kier molecular flexibility index (Phi) is 4.64. The van der Waals surface area contributed by atoms with Gasteiger partial charge in [0.15, 0.2) is 0 Å². The molecule has 0 spiro atoms. The van der Waals surface area contributed by atoms with E-state index in [0.717, 1.165) is 24.0 Å². The van der Waals surface area contributed by atoms with Crippen molar-refractivity contribution in [3.05, 3.63) is 0 Å². The van der Waals surface area contributed by atoms with Crippen molar-refractivity contribution in [2.24, 2.45) is 17.8 Å². The summed E-state index contributed by atoms with van der Waals surface area (Å²) in [7, 11) is 0. The third kappa shape index (κ3) is 2.83. The van der Waals surface area contributed by atoms with E-state index in [1.54, 1.807) is 0 Å². The van der Waals surface area contributed by atoms with E-state index < -0.39 is 0 Å². The van der Waals surface area contributed by atoms with Crippen molar-refractivity contribution in [3.63, 3.8) is 0 Å².